The molecule has 2 heterocycles. The van der Waals surface area contributed by atoms with Crippen molar-refractivity contribution in [2.75, 3.05) is 7.05 Å². The molecule has 0 spiro atoms. The average Bonchev–Trinajstić information content (AvgIpc) is 2.89. The van der Waals surface area contributed by atoms with Gasteiger partial charge in [-0.1, -0.05) is 18.2 Å². The Morgan fingerprint density at radius 1 is 1.39 bits per heavy atom. The van der Waals surface area contributed by atoms with Gasteiger partial charge in [0.25, 0.3) is 5.91 Å². The number of rotatable bonds is 2. The number of fused-ring (bicyclic) bond motifs is 1. The van der Waals surface area contributed by atoms with E-state index in [1.54, 1.807) is 7.05 Å². The van der Waals surface area contributed by atoms with E-state index in [1.807, 2.05) is 24.4 Å². The molecular formula is C13H13N3OS. The highest BCUT2D eigenvalue weighted by Crippen LogP contribution is 2.20. The first-order valence-corrected chi connectivity index (χ1v) is 6.20. The van der Waals surface area contributed by atoms with Gasteiger partial charge in [0.1, 0.15) is 6.04 Å². The molecule has 0 unspecified atom stereocenters. The van der Waals surface area contributed by atoms with Crippen LogP contribution in [0.25, 0.3) is 10.9 Å². The molecule has 0 bridgehead atoms. The van der Waals surface area contributed by atoms with Crippen molar-refractivity contribution in [3.63, 3.8) is 0 Å². The van der Waals surface area contributed by atoms with Gasteiger partial charge < -0.3 is 10.3 Å². The van der Waals surface area contributed by atoms with E-state index in [0.717, 1.165) is 16.5 Å². The summed E-state index contributed by atoms with van der Waals surface area (Å²) in [6.07, 6.45) is 2.61. The van der Waals surface area contributed by atoms with E-state index in [-0.39, 0.29) is 11.9 Å². The fraction of sp³-hybridized carbons (Fsp3) is 0.231. The van der Waals surface area contributed by atoms with Crippen molar-refractivity contribution in [2.24, 2.45) is 0 Å². The Labute approximate surface area is 110 Å². The smallest absolute Gasteiger partial charge is 0.251 e. The van der Waals surface area contributed by atoms with Gasteiger partial charge in [-0.15, -0.1) is 0 Å². The molecule has 1 amide bonds. The van der Waals surface area contributed by atoms with Gasteiger partial charge in [0.2, 0.25) is 0 Å². The SMILES string of the molecule is CN1C(=O)[C@H](Cc2c[nH]c3ccccc23)NC1=S. The summed E-state index contributed by atoms with van der Waals surface area (Å²) < 4.78 is 0. The van der Waals surface area contributed by atoms with E-state index < -0.39 is 0 Å². The molecule has 2 aromatic rings. The summed E-state index contributed by atoms with van der Waals surface area (Å²) in [7, 11) is 1.70. The number of carbonyl (C=O) groups is 1. The maximum atomic E-state index is 11.9. The lowest BCUT2D eigenvalue weighted by Crippen LogP contribution is -2.31. The molecule has 1 aliphatic rings. The Morgan fingerprint density at radius 3 is 2.89 bits per heavy atom. The van der Waals surface area contributed by atoms with Crippen molar-refractivity contribution < 1.29 is 4.79 Å². The molecule has 0 aliphatic carbocycles. The van der Waals surface area contributed by atoms with E-state index in [9.17, 15) is 4.79 Å². The summed E-state index contributed by atoms with van der Waals surface area (Å²) >= 11 is 5.07. The third kappa shape index (κ3) is 1.67. The highest BCUT2D eigenvalue weighted by molar-refractivity contribution is 7.80. The lowest BCUT2D eigenvalue weighted by Gasteiger charge is -2.07. The number of hydrogen-bond acceptors (Lipinski definition) is 2. The standard InChI is InChI=1S/C13H13N3OS/c1-16-12(17)11(15-13(16)18)6-8-7-14-10-5-3-2-4-9(8)10/h2-5,7,11,14H,6H2,1H3,(H,15,18)/t11-/m0/s1. The van der Waals surface area contributed by atoms with E-state index in [1.165, 1.54) is 4.90 Å². The van der Waals surface area contributed by atoms with Gasteiger partial charge >= 0.3 is 0 Å². The van der Waals surface area contributed by atoms with Gasteiger partial charge in [0.05, 0.1) is 0 Å². The number of nitrogens with one attached hydrogen (secondary N) is 2. The summed E-state index contributed by atoms with van der Waals surface area (Å²) in [6, 6.07) is 7.83. The molecule has 2 N–H and O–H groups in total. The Bertz CT molecular complexity index is 634. The van der Waals surface area contributed by atoms with Crippen LogP contribution in [0.1, 0.15) is 5.56 Å². The summed E-state index contributed by atoms with van der Waals surface area (Å²) in [5, 5.41) is 4.71. The second-order valence-electron chi connectivity index (χ2n) is 4.46. The van der Waals surface area contributed by atoms with Gasteiger partial charge in [-0.2, -0.15) is 0 Å². The second-order valence-corrected chi connectivity index (χ2v) is 4.85. The molecule has 5 heteroatoms. The predicted molar refractivity (Wildman–Crippen MR) is 74.3 cm³/mol. The minimum Gasteiger partial charge on any atom is -0.361 e. The maximum absolute atomic E-state index is 11.9. The van der Waals surface area contributed by atoms with E-state index in [0.29, 0.717) is 11.5 Å². The summed E-state index contributed by atoms with van der Waals surface area (Å²) in [5.74, 6) is 0.0327. The van der Waals surface area contributed by atoms with Gasteiger partial charge in [-0.25, -0.2) is 0 Å². The number of carbonyl (C=O) groups excluding carboxylic acids is 1. The molecular weight excluding hydrogens is 246 g/mol. The first-order valence-electron chi connectivity index (χ1n) is 5.80. The van der Waals surface area contributed by atoms with Crippen LogP contribution in [-0.2, 0) is 11.2 Å². The predicted octanol–water partition coefficient (Wildman–Crippen LogP) is 1.43. The Kier molecular flexibility index (Phi) is 2.56. The van der Waals surface area contributed by atoms with Crippen LogP contribution in [-0.4, -0.2) is 34.0 Å². The fourth-order valence-electron chi connectivity index (χ4n) is 2.30. The van der Waals surface area contributed by atoms with Gasteiger partial charge in [0, 0.05) is 30.6 Å². The van der Waals surface area contributed by atoms with Crippen molar-refractivity contribution >= 4 is 34.1 Å². The number of H-pyrrole nitrogens is 1. The first-order chi connectivity index (χ1) is 8.66. The van der Waals surface area contributed by atoms with Crippen LogP contribution in [0.2, 0.25) is 0 Å². The number of aromatic nitrogens is 1. The number of hydrogen-bond donors (Lipinski definition) is 2. The normalized spacial score (nSPS) is 19.6. The number of para-hydroxylation sites is 1. The van der Waals surface area contributed by atoms with Crippen LogP contribution in [0.4, 0.5) is 0 Å². The van der Waals surface area contributed by atoms with Gasteiger partial charge in [-0.05, 0) is 23.8 Å². The molecule has 1 fully saturated rings. The second kappa shape index (κ2) is 4.10. The minimum absolute atomic E-state index is 0.0327. The molecule has 1 saturated heterocycles. The summed E-state index contributed by atoms with van der Waals surface area (Å²) in [6.45, 7) is 0. The third-order valence-electron chi connectivity index (χ3n) is 3.33. The number of thiocarbonyl (C=S) groups is 1. The molecule has 1 aromatic carbocycles. The molecule has 0 radical (unpaired) electrons. The molecule has 3 rings (SSSR count). The molecule has 4 nitrogen and oxygen atoms in total. The monoisotopic (exact) mass is 259 g/mol. The zero-order valence-corrected chi connectivity index (χ0v) is 10.8. The number of nitrogens with zero attached hydrogens (tertiary/aromatic N) is 1. The Morgan fingerprint density at radius 2 is 2.17 bits per heavy atom. The van der Waals surface area contributed by atoms with Crippen LogP contribution in [0.3, 0.4) is 0 Å². The number of amides is 1. The first kappa shape index (κ1) is 11.2. The highest BCUT2D eigenvalue weighted by atomic mass is 32.1. The van der Waals surface area contributed by atoms with Crippen molar-refractivity contribution in [1.82, 2.24) is 15.2 Å². The summed E-state index contributed by atoms with van der Waals surface area (Å²) in [4.78, 5) is 16.7. The number of benzene rings is 1. The Balaban J connectivity index is 1.89. The zero-order valence-electron chi connectivity index (χ0n) is 9.93. The van der Waals surface area contributed by atoms with Crippen molar-refractivity contribution in [1.29, 1.82) is 0 Å². The molecule has 1 aliphatic heterocycles. The highest BCUT2D eigenvalue weighted by Gasteiger charge is 2.32. The van der Waals surface area contributed by atoms with Crippen LogP contribution < -0.4 is 5.32 Å². The van der Waals surface area contributed by atoms with Crippen molar-refractivity contribution in [3.05, 3.63) is 36.0 Å². The topological polar surface area (TPSA) is 48.1 Å². The van der Waals surface area contributed by atoms with Crippen LogP contribution in [0.15, 0.2) is 30.5 Å². The van der Waals surface area contributed by atoms with Crippen LogP contribution >= 0.6 is 12.2 Å². The number of aromatic amines is 1. The minimum atomic E-state index is -0.248. The maximum Gasteiger partial charge on any atom is 0.251 e. The molecule has 0 saturated carbocycles. The average molecular weight is 259 g/mol. The largest absolute Gasteiger partial charge is 0.361 e. The third-order valence-corrected chi connectivity index (χ3v) is 3.72. The Hall–Kier alpha value is -1.88. The zero-order chi connectivity index (χ0) is 12.7. The molecule has 92 valence electrons. The van der Waals surface area contributed by atoms with E-state index >= 15 is 0 Å². The lowest BCUT2D eigenvalue weighted by atomic mass is 10.1. The molecule has 1 atom stereocenters. The molecule has 1 aromatic heterocycles. The summed E-state index contributed by atoms with van der Waals surface area (Å²) in [5.41, 5.74) is 2.23. The quantitative estimate of drug-likeness (QED) is 0.802. The van der Waals surface area contributed by atoms with Crippen molar-refractivity contribution in [3.8, 4) is 0 Å². The van der Waals surface area contributed by atoms with Gasteiger partial charge in [0.15, 0.2) is 5.11 Å². The lowest BCUT2D eigenvalue weighted by molar-refractivity contribution is -0.126. The van der Waals surface area contributed by atoms with Gasteiger partial charge in [-0.3, -0.25) is 9.69 Å². The van der Waals surface area contributed by atoms with Crippen LogP contribution in [0.5, 0.6) is 0 Å². The van der Waals surface area contributed by atoms with Crippen LogP contribution in [0, 0.1) is 0 Å². The number of likely N-dealkylation sites (N-methyl/N-ethyl adjacent to an activating group) is 1. The fourth-order valence-corrected chi connectivity index (χ4v) is 2.53. The van der Waals surface area contributed by atoms with E-state index in [4.69, 9.17) is 12.2 Å². The van der Waals surface area contributed by atoms with E-state index in [2.05, 4.69) is 16.4 Å². The molecule has 18 heavy (non-hydrogen) atoms. The van der Waals surface area contributed by atoms with Crippen molar-refractivity contribution in [2.45, 2.75) is 12.5 Å².